The molecule has 128 valence electrons. The van der Waals surface area contributed by atoms with Crippen LogP contribution in [0.1, 0.15) is 19.3 Å². The molecule has 5 heteroatoms. The van der Waals surface area contributed by atoms with E-state index in [-0.39, 0.29) is 5.56 Å². The zero-order chi connectivity index (χ0) is 16.9. The number of ether oxygens (including phenoxy) is 1. The molecule has 1 aliphatic heterocycles. The summed E-state index contributed by atoms with van der Waals surface area (Å²) >= 11 is 0. The van der Waals surface area contributed by atoms with Crippen molar-refractivity contribution in [1.29, 1.82) is 0 Å². The molecule has 3 rings (SSSR count). The van der Waals surface area contributed by atoms with Gasteiger partial charge in [-0.2, -0.15) is 0 Å². The van der Waals surface area contributed by atoms with E-state index in [1.807, 2.05) is 12.1 Å². The summed E-state index contributed by atoms with van der Waals surface area (Å²) in [4.78, 5) is 19.6. The summed E-state index contributed by atoms with van der Waals surface area (Å²) in [6.07, 6.45) is 6.95. The molecule has 1 saturated heterocycles. The van der Waals surface area contributed by atoms with Gasteiger partial charge >= 0.3 is 0 Å². The fourth-order valence-electron chi connectivity index (χ4n) is 3.34. The highest BCUT2D eigenvalue weighted by Gasteiger charge is 2.19. The molecular weight excluding hydrogens is 302 g/mol. The van der Waals surface area contributed by atoms with Gasteiger partial charge in [-0.15, -0.1) is 6.58 Å². The predicted octanol–water partition coefficient (Wildman–Crippen LogP) is 2.69. The summed E-state index contributed by atoms with van der Waals surface area (Å²) in [5.74, 6) is 1.26. The number of hydrogen-bond acceptors (Lipinski definition) is 4. The Hall–Kier alpha value is -2.14. The topological polar surface area (TPSA) is 47.4 Å². The molecule has 2 heterocycles. The quantitative estimate of drug-likeness (QED) is 0.766. The smallest absolute Gasteiger partial charge is 0.261 e. The Morgan fingerprint density at radius 2 is 2.17 bits per heavy atom. The Labute approximate surface area is 142 Å². The van der Waals surface area contributed by atoms with Crippen LogP contribution in [0, 0.1) is 5.92 Å². The molecule has 2 aromatic rings. The highest BCUT2D eigenvalue weighted by molar-refractivity contribution is 5.78. The van der Waals surface area contributed by atoms with Crippen LogP contribution in [-0.4, -0.2) is 41.2 Å². The van der Waals surface area contributed by atoms with Crippen LogP contribution in [0.5, 0.6) is 5.75 Å². The van der Waals surface area contributed by atoms with Gasteiger partial charge in [0.2, 0.25) is 0 Å². The zero-order valence-corrected chi connectivity index (χ0v) is 14.3. The first-order chi connectivity index (χ1) is 11.7. The van der Waals surface area contributed by atoms with Gasteiger partial charge < -0.3 is 9.64 Å². The second-order valence-electron chi connectivity index (χ2n) is 6.45. The molecule has 0 radical (unpaired) electrons. The van der Waals surface area contributed by atoms with Gasteiger partial charge in [0.05, 0.1) is 24.3 Å². The van der Waals surface area contributed by atoms with E-state index in [0.717, 1.165) is 51.2 Å². The van der Waals surface area contributed by atoms with E-state index in [1.54, 1.807) is 30.1 Å². The summed E-state index contributed by atoms with van der Waals surface area (Å²) < 4.78 is 6.96. The van der Waals surface area contributed by atoms with Crippen LogP contribution in [0.25, 0.3) is 10.9 Å². The number of fused-ring (bicyclic) bond motifs is 1. The maximum Gasteiger partial charge on any atom is 0.261 e. The van der Waals surface area contributed by atoms with Gasteiger partial charge in [0.15, 0.2) is 0 Å². The van der Waals surface area contributed by atoms with Gasteiger partial charge in [-0.25, -0.2) is 4.98 Å². The Kier molecular flexibility index (Phi) is 5.30. The molecule has 1 aliphatic rings. The second kappa shape index (κ2) is 7.62. The Balaban J connectivity index is 1.69. The van der Waals surface area contributed by atoms with Gasteiger partial charge in [0.1, 0.15) is 5.75 Å². The minimum atomic E-state index is 0.0386. The third-order valence-corrected chi connectivity index (χ3v) is 4.84. The predicted molar refractivity (Wildman–Crippen MR) is 96.5 cm³/mol. The lowest BCUT2D eigenvalue weighted by Crippen LogP contribution is -2.36. The zero-order valence-electron chi connectivity index (χ0n) is 14.3. The van der Waals surface area contributed by atoms with Crippen molar-refractivity contribution in [2.24, 2.45) is 5.92 Å². The van der Waals surface area contributed by atoms with Crippen LogP contribution < -0.4 is 10.3 Å². The van der Waals surface area contributed by atoms with Gasteiger partial charge in [-0.05, 0) is 50.4 Å². The minimum absolute atomic E-state index is 0.0386. The lowest BCUT2D eigenvalue weighted by atomic mass is 9.96. The van der Waals surface area contributed by atoms with Crippen LogP contribution in [0.15, 0.2) is 42.0 Å². The van der Waals surface area contributed by atoms with Crippen molar-refractivity contribution < 1.29 is 4.74 Å². The molecular formula is C19H25N3O2. The van der Waals surface area contributed by atoms with Crippen molar-refractivity contribution in [1.82, 2.24) is 14.5 Å². The highest BCUT2D eigenvalue weighted by atomic mass is 16.5. The van der Waals surface area contributed by atoms with E-state index in [1.165, 1.54) is 0 Å². The number of nitrogens with zero attached hydrogens (tertiary/aromatic N) is 3. The van der Waals surface area contributed by atoms with Crippen LogP contribution >= 0.6 is 0 Å². The largest absolute Gasteiger partial charge is 0.497 e. The van der Waals surface area contributed by atoms with Crippen LogP contribution in [0.3, 0.4) is 0 Å². The first kappa shape index (κ1) is 16.7. The maximum absolute atomic E-state index is 12.7. The fraction of sp³-hybridized carbons (Fsp3) is 0.474. The summed E-state index contributed by atoms with van der Waals surface area (Å²) in [5, 5.41) is 0.654. The van der Waals surface area contributed by atoms with Crippen LogP contribution in [-0.2, 0) is 6.54 Å². The lowest BCUT2D eigenvalue weighted by molar-refractivity contribution is 0.175. The average molecular weight is 327 g/mol. The van der Waals surface area contributed by atoms with Crippen molar-refractivity contribution in [3.8, 4) is 5.75 Å². The molecule has 1 aromatic carbocycles. The van der Waals surface area contributed by atoms with E-state index in [4.69, 9.17) is 4.74 Å². The highest BCUT2D eigenvalue weighted by Crippen LogP contribution is 2.20. The first-order valence-corrected chi connectivity index (χ1v) is 8.57. The van der Waals surface area contributed by atoms with Crippen molar-refractivity contribution in [3.05, 3.63) is 47.5 Å². The molecule has 0 amide bonds. The summed E-state index contributed by atoms with van der Waals surface area (Å²) in [6.45, 7) is 7.83. The van der Waals surface area contributed by atoms with Gasteiger partial charge in [0.25, 0.3) is 5.56 Å². The average Bonchev–Trinajstić information content (AvgIpc) is 2.63. The number of benzene rings is 1. The molecule has 0 N–H and O–H groups in total. The van der Waals surface area contributed by atoms with E-state index in [9.17, 15) is 4.79 Å². The molecule has 0 saturated carbocycles. The maximum atomic E-state index is 12.7. The molecule has 24 heavy (non-hydrogen) atoms. The minimum Gasteiger partial charge on any atom is -0.497 e. The molecule has 1 aromatic heterocycles. The summed E-state index contributed by atoms with van der Waals surface area (Å²) in [6, 6.07) is 5.42. The number of likely N-dealkylation sites (tertiary alicyclic amines) is 1. The standard InChI is InChI=1S/C19H25N3O2/c1-3-4-9-21-10-7-15(8-11-21)13-22-14-20-18-12-16(24-2)5-6-17(18)19(22)23/h3,5-6,12,14-15H,1,4,7-11,13H2,2H3. The second-order valence-corrected chi connectivity index (χ2v) is 6.45. The molecule has 0 unspecified atom stereocenters. The van der Waals surface area contributed by atoms with Gasteiger partial charge in [0, 0.05) is 19.2 Å². The number of aromatic nitrogens is 2. The normalized spacial score (nSPS) is 16.4. The molecule has 5 nitrogen and oxygen atoms in total. The fourth-order valence-corrected chi connectivity index (χ4v) is 3.34. The lowest BCUT2D eigenvalue weighted by Gasteiger charge is -2.31. The van der Waals surface area contributed by atoms with Crippen molar-refractivity contribution in [3.63, 3.8) is 0 Å². The summed E-state index contributed by atoms with van der Waals surface area (Å²) in [7, 11) is 1.61. The molecule has 1 fully saturated rings. The number of rotatable bonds is 6. The SMILES string of the molecule is C=CCCN1CCC(Cn2cnc3cc(OC)ccc3c2=O)CC1. The summed E-state index contributed by atoms with van der Waals surface area (Å²) in [5.41, 5.74) is 0.728. The molecule has 0 aliphatic carbocycles. The Morgan fingerprint density at radius 3 is 2.88 bits per heavy atom. The van der Waals surface area contributed by atoms with E-state index in [0.29, 0.717) is 16.8 Å². The van der Waals surface area contributed by atoms with Crippen molar-refractivity contribution in [2.75, 3.05) is 26.7 Å². The Morgan fingerprint density at radius 1 is 1.38 bits per heavy atom. The van der Waals surface area contributed by atoms with Gasteiger partial charge in [-0.1, -0.05) is 6.08 Å². The van der Waals surface area contributed by atoms with Crippen LogP contribution in [0.4, 0.5) is 0 Å². The Bertz CT molecular complexity index is 761. The van der Waals surface area contributed by atoms with Crippen molar-refractivity contribution >= 4 is 10.9 Å². The van der Waals surface area contributed by atoms with Crippen molar-refractivity contribution in [2.45, 2.75) is 25.8 Å². The van der Waals surface area contributed by atoms with E-state index >= 15 is 0 Å². The molecule has 0 spiro atoms. The van der Waals surface area contributed by atoms with Crippen LogP contribution in [0.2, 0.25) is 0 Å². The number of piperidine rings is 1. The molecule has 0 atom stereocenters. The number of methoxy groups -OCH3 is 1. The monoisotopic (exact) mass is 327 g/mol. The first-order valence-electron chi connectivity index (χ1n) is 8.57. The van der Waals surface area contributed by atoms with E-state index in [2.05, 4.69) is 16.5 Å². The van der Waals surface area contributed by atoms with Gasteiger partial charge in [-0.3, -0.25) is 9.36 Å². The third-order valence-electron chi connectivity index (χ3n) is 4.84. The van der Waals surface area contributed by atoms with E-state index < -0.39 is 0 Å². The third kappa shape index (κ3) is 3.67. The number of hydrogen-bond donors (Lipinski definition) is 0. The molecule has 0 bridgehead atoms.